The Morgan fingerprint density at radius 1 is 1.09 bits per heavy atom. The van der Waals surface area contributed by atoms with Crippen LogP contribution in [0.5, 0.6) is 11.5 Å². The monoisotopic (exact) mass is 435 g/mol. The topological polar surface area (TPSA) is 54.9 Å². The van der Waals surface area contributed by atoms with Gasteiger partial charge in [-0.2, -0.15) is 0 Å². The number of rotatable bonds is 8. The Labute approximate surface area is 157 Å². The van der Waals surface area contributed by atoms with Gasteiger partial charge in [0.15, 0.2) is 5.96 Å². The predicted molar refractivity (Wildman–Crippen MR) is 107 cm³/mol. The van der Waals surface area contributed by atoms with Crippen LogP contribution in [-0.2, 0) is 0 Å². The lowest BCUT2D eigenvalue weighted by atomic mass is 10.1. The molecule has 0 saturated heterocycles. The Bertz CT molecular complexity index is 450. The fourth-order valence-electron chi connectivity index (χ4n) is 1.87. The standard InChI is InChI=1S/C17H29N3O2.HI/c1-13(2)10-11-19-17(18-4)20-12-14(3)22-16-8-6-15(21-5)7-9-16;/h6-9,13-14H,10-12H2,1-5H3,(H2,18,19,20);1H. The first-order valence-electron chi connectivity index (χ1n) is 7.80. The third-order valence-corrected chi connectivity index (χ3v) is 3.19. The molecule has 1 aromatic rings. The highest BCUT2D eigenvalue weighted by atomic mass is 127. The van der Waals surface area contributed by atoms with Crippen LogP contribution in [0.25, 0.3) is 0 Å². The third kappa shape index (κ3) is 9.53. The molecule has 2 N–H and O–H groups in total. The number of hydrogen-bond acceptors (Lipinski definition) is 3. The summed E-state index contributed by atoms with van der Waals surface area (Å²) in [7, 11) is 3.43. The van der Waals surface area contributed by atoms with E-state index >= 15 is 0 Å². The molecule has 5 nitrogen and oxygen atoms in total. The molecule has 0 bridgehead atoms. The number of nitrogens with zero attached hydrogens (tertiary/aromatic N) is 1. The van der Waals surface area contributed by atoms with Crippen molar-refractivity contribution in [1.82, 2.24) is 10.6 Å². The fourth-order valence-corrected chi connectivity index (χ4v) is 1.87. The molecular weight excluding hydrogens is 405 g/mol. The summed E-state index contributed by atoms with van der Waals surface area (Å²) < 4.78 is 11.0. The zero-order valence-corrected chi connectivity index (χ0v) is 17.1. The van der Waals surface area contributed by atoms with Gasteiger partial charge < -0.3 is 20.1 Å². The summed E-state index contributed by atoms with van der Waals surface area (Å²) in [6, 6.07) is 7.60. The molecule has 0 heterocycles. The predicted octanol–water partition coefficient (Wildman–Crippen LogP) is 3.29. The van der Waals surface area contributed by atoms with Gasteiger partial charge in [-0.1, -0.05) is 13.8 Å². The minimum atomic E-state index is 0. The van der Waals surface area contributed by atoms with E-state index in [2.05, 4.69) is 29.5 Å². The van der Waals surface area contributed by atoms with Crippen molar-refractivity contribution in [3.05, 3.63) is 24.3 Å². The van der Waals surface area contributed by atoms with E-state index in [0.29, 0.717) is 12.5 Å². The van der Waals surface area contributed by atoms with Crippen LogP contribution >= 0.6 is 24.0 Å². The Morgan fingerprint density at radius 2 is 1.70 bits per heavy atom. The number of nitrogens with one attached hydrogen (secondary N) is 2. The van der Waals surface area contributed by atoms with Gasteiger partial charge in [0.05, 0.1) is 13.7 Å². The average molecular weight is 435 g/mol. The fraction of sp³-hybridized carbons (Fsp3) is 0.588. The first-order valence-corrected chi connectivity index (χ1v) is 7.80. The molecule has 6 heteroatoms. The lowest BCUT2D eigenvalue weighted by Gasteiger charge is -2.18. The van der Waals surface area contributed by atoms with Crippen LogP contribution in [0.1, 0.15) is 27.2 Å². The van der Waals surface area contributed by atoms with Gasteiger partial charge in [-0.05, 0) is 43.5 Å². The highest BCUT2D eigenvalue weighted by Crippen LogP contribution is 2.17. The second-order valence-corrected chi connectivity index (χ2v) is 5.67. The molecule has 1 atom stereocenters. The van der Waals surface area contributed by atoms with Crippen molar-refractivity contribution < 1.29 is 9.47 Å². The molecule has 0 aliphatic rings. The maximum atomic E-state index is 5.85. The minimum Gasteiger partial charge on any atom is -0.497 e. The molecule has 1 rings (SSSR count). The first kappa shape index (κ1) is 21.8. The smallest absolute Gasteiger partial charge is 0.191 e. The molecule has 0 fully saturated rings. The summed E-state index contributed by atoms with van der Waals surface area (Å²) in [6.45, 7) is 8.06. The van der Waals surface area contributed by atoms with Crippen LogP contribution < -0.4 is 20.1 Å². The van der Waals surface area contributed by atoms with E-state index in [1.165, 1.54) is 0 Å². The normalized spacial score (nSPS) is 12.3. The van der Waals surface area contributed by atoms with Crippen LogP contribution in [0, 0.1) is 5.92 Å². The molecule has 0 saturated carbocycles. The molecule has 0 spiro atoms. The lowest BCUT2D eigenvalue weighted by molar-refractivity contribution is 0.223. The van der Waals surface area contributed by atoms with Gasteiger partial charge >= 0.3 is 0 Å². The zero-order valence-electron chi connectivity index (χ0n) is 14.8. The van der Waals surface area contributed by atoms with E-state index in [1.54, 1.807) is 14.2 Å². The van der Waals surface area contributed by atoms with Crippen molar-refractivity contribution in [3.8, 4) is 11.5 Å². The first-order chi connectivity index (χ1) is 10.5. The van der Waals surface area contributed by atoms with Crippen LogP contribution in [0.15, 0.2) is 29.3 Å². The largest absolute Gasteiger partial charge is 0.497 e. The lowest BCUT2D eigenvalue weighted by Crippen LogP contribution is -2.42. The maximum absolute atomic E-state index is 5.85. The van der Waals surface area contributed by atoms with Gasteiger partial charge in [-0.25, -0.2) is 0 Å². The van der Waals surface area contributed by atoms with Gasteiger partial charge in [0.1, 0.15) is 17.6 Å². The molecule has 0 radical (unpaired) electrons. The molecule has 1 aromatic carbocycles. The maximum Gasteiger partial charge on any atom is 0.191 e. The molecule has 0 amide bonds. The van der Waals surface area contributed by atoms with Crippen molar-refractivity contribution in [1.29, 1.82) is 0 Å². The van der Waals surface area contributed by atoms with Crippen molar-refractivity contribution in [2.24, 2.45) is 10.9 Å². The summed E-state index contributed by atoms with van der Waals surface area (Å²) in [5.41, 5.74) is 0. The van der Waals surface area contributed by atoms with E-state index in [0.717, 1.165) is 30.4 Å². The second-order valence-electron chi connectivity index (χ2n) is 5.67. The Morgan fingerprint density at radius 3 is 2.22 bits per heavy atom. The Hall–Kier alpha value is -1.18. The summed E-state index contributed by atoms with van der Waals surface area (Å²) >= 11 is 0. The summed E-state index contributed by atoms with van der Waals surface area (Å²) in [5, 5.41) is 6.58. The van der Waals surface area contributed by atoms with E-state index < -0.39 is 0 Å². The van der Waals surface area contributed by atoms with Crippen LogP contribution in [0.3, 0.4) is 0 Å². The van der Waals surface area contributed by atoms with Gasteiger partial charge in [0.25, 0.3) is 0 Å². The molecule has 1 unspecified atom stereocenters. The van der Waals surface area contributed by atoms with Gasteiger partial charge in [-0.15, -0.1) is 24.0 Å². The highest BCUT2D eigenvalue weighted by Gasteiger charge is 2.06. The van der Waals surface area contributed by atoms with Crippen molar-refractivity contribution in [3.63, 3.8) is 0 Å². The van der Waals surface area contributed by atoms with Gasteiger partial charge in [0.2, 0.25) is 0 Å². The van der Waals surface area contributed by atoms with Gasteiger partial charge in [0, 0.05) is 13.6 Å². The number of methoxy groups -OCH3 is 1. The van der Waals surface area contributed by atoms with E-state index in [9.17, 15) is 0 Å². The van der Waals surface area contributed by atoms with E-state index in [1.807, 2.05) is 31.2 Å². The molecule has 0 aliphatic heterocycles. The minimum absolute atomic E-state index is 0. The number of aliphatic imine (C=N–C) groups is 1. The number of hydrogen-bond donors (Lipinski definition) is 2. The number of benzene rings is 1. The highest BCUT2D eigenvalue weighted by molar-refractivity contribution is 14.0. The van der Waals surface area contributed by atoms with Crippen molar-refractivity contribution >= 4 is 29.9 Å². The SMILES string of the molecule is CN=C(NCCC(C)C)NCC(C)Oc1ccc(OC)cc1.I. The average Bonchev–Trinajstić information content (AvgIpc) is 2.51. The number of guanidine groups is 1. The van der Waals surface area contributed by atoms with Crippen LogP contribution in [0.2, 0.25) is 0 Å². The molecule has 0 aromatic heterocycles. The number of halogens is 1. The summed E-state index contributed by atoms with van der Waals surface area (Å²) in [6.07, 6.45) is 1.16. The van der Waals surface area contributed by atoms with E-state index in [4.69, 9.17) is 9.47 Å². The summed E-state index contributed by atoms with van der Waals surface area (Å²) in [4.78, 5) is 4.21. The second kappa shape index (κ2) is 12.3. The van der Waals surface area contributed by atoms with Gasteiger partial charge in [-0.3, -0.25) is 4.99 Å². The Balaban J connectivity index is 0.00000484. The molecule has 132 valence electrons. The zero-order chi connectivity index (χ0) is 16.4. The van der Waals surface area contributed by atoms with E-state index in [-0.39, 0.29) is 30.1 Å². The molecule has 23 heavy (non-hydrogen) atoms. The number of ether oxygens (including phenoxy) is 2. The molecule has 0 aliphatic carbocycles. The molecular formula is C17H30IN3O2. The third-order valence-electron chi connectivity index (χ3n) is 3.19. The van der Waals surface area contributed by atoms with Crippen molar-refractivity contribution in [2.45, 2.75) is 33.3 Å². The Kier molecular flexibility index (Phi) is 11.6. The van der Waals surface area contributed by atoms with Crippen molar-refractivity contribution in [2.75, 3.05) is 27.2 Å². The summed E-state index contributed by atoms with van der Waals surface area (Å²) in [5.74, 6) is 3.15. The van der Waals surface area contributed by atoms with Crippen LogP contribution in [-0.4, -0.2) is 39.3 Å². The quantitative estimate of drug-likeness (QED) is 0.374. The van der Waals surface area contributed by atoms with Crippen LogP contribution in [0.4, 0.5) is 0 Å².